The highest BCUT2D eigenvalue weighted by Gasteiger charge is 2.43. The van der Waals surface area contributed by atoms with Crippen LogP contribution < -0.4 is 0 Å². The van der Waals surface area contributed by atoms with Gasteiger partial charge in [0.25, 0.3) is 0 Å². The Morgan fingerprint density at radius 3 is 2.77 bits per heavy atom. The van der Waals surface area contributed by atoms with Crippen molar-refractivity contribution in [2.24, 2.45) is 5.92 Å². The van der Waals surface area contributed by atoms with E-state index in [-0.39, 0.29) is 23.3 Å². The van der Waals surface area contributed by atoms with E-state index in [9.17, 15) is 4.79 Å². The first-order valence-electron chi connectivity index (χ1n) is 8.21. The van der Waals surface area contributed by atoms with Gasteiger partial charge in [-0.05, 0) is 46.6 Å². The summed E-state index contributed by atoms with van der Waals surface area (Å²) in [6.45, 7) is 10.8. The molecule has 0 N–H and O–H groups in total. The molecule has 2 fully saturated rings. The van der Waals surface area contributed by atoms with E-state index in [2.05, 4.69) is 28.9 Å². The van der Waals surface area contributed by atoms with Gasteiger partial charge in [0.05, 0.1) is 12.6 Å². The number of carbonyl (C=O) groups excluding carboxylic acids is 1. The Morgan fingerprint density at radius 2 is 2.18 bits per heavy atom. The van der Waals surface area contributed by atoms with Crippen LogP contribution in [0.5, 0.6) is 0 Å². The lowest BCUT2D eigenvalue weighted by Gasteiger charge is -2.39. The van der Waals surface area contributed by atoms with E-state index >= 15 is 0 Å². The Kier molecular flexibility index (Phi) is 3.97. The van der Waals surface area contributed by atoms with Gasteiger partial charge in [0.2, 0.25) is 11.8 Å². The summed E-state index contributed by atoms with van der Waals surface area (Å²) in [6, 6.07) is 0. The van der Waals surface area contributed by atoms with Gasteiger partial charge in [-0.2, -0.15) is 4.98 Å². The van der Waals surface area contributed by atoms with Crippen LogP contribution in [-0.4, -0.2) is 51.1 Å². The second-order valence-corrected chi connectivity index (χ2v) is 7.42. The number of amides is 1. The maximum Gasteiger partial charge on any atom is 0.231 e. The second-order valence-electron chi connectivity index (χ2n) is 7.42. The van der Waals surface area contributed by atoms with Crippen LogP contribution in [0, 0.1) is 12.8 Å². The summed E-state index contributed by atoms with van der Waals surface area (Å²) in [5.74, 6) is 2.13. The summed E-state index contributed by atoms with van der Waals surface area (Å²) in [6.07, 6.45) is 3.11. The van der Waals surface area contributed by atoms with Crippen molar-refractivity contribution in [2.75, 3.05) is 19.8 Å². The zero-order chi connectivity index (χ0) is 15.9. The molecule has 0 saturated carbocycles. The molecule has 3 rings (SSSR count). The van der Waals surface area contributed by atoms with Gasteiger partial charge in [-0.3, -0.25) is 9.69 Å². The summed E-state index contributed by atoms with van der Waals surface area (Å²) in [7, 11) is 0. The van der Waals surface area contributed by atoms with E-state index in [0.717, 1.165) is 38.2 Å². The van der Waals surface area contributed by atoms with Crippen LogP contribution in [0.4, 0.5) is 0 Å². The van der Waals surface area contributed by atoms with Crippen LogP contribution in [0.1, 0.15) is 57.7 Å². The monoisotopic (exact) mass is 306 g/mol. The van der Waals surface area contributed by atoms with Gasteiger partial charge in [0, 0.05) is 18.0 Å². The third kappa shape index (κ3) is 2.89. The van der Waals surface area contributed by atoms with Crippen molar-refractivity contribution < 1.29 is 9.32 Å². The quantitative estimate of drug-likeness (QED) is 0.856. The standard InChI is InChI=1S/C16H26N4O2/c1-11-8-16(3,4)20(15(11)21)10-19-7-5-6-13(9-19)14-17-12(2)18-22-14/h11,13H,5-10H2,1-4H3/t11-,13-/m1/s1. The van der Waals surface area contributed by atoms with Crippen LogP contribution in [0.15, 0.2) is 4.52 Å². The van der Waals surface area contributed by atoms with Gasteiger partial charge in [-0.15, -0.1) is 0 Å². The molecular formula is C16H26N4O2. The minimum absolute atomic E-state index is 0.0511. The number of likely N-dealkylation sites (tertiary alicyclic amines) is 2. The largest absolute Gasteiger partial charge is 0.339 e. The molecular weight excluding hydrogens is 280 g/mol. The highest BCUT2D eigenvalue weighted by molar-refractivity contribution is 5.81. The van der Waals surface area contributed by atoms with Crippen molar-refractivity contribution in [3.8, 4) is 0 Å². The first kappa shape index (κ1) is 15.5. The first-order chi connectivity index (χ1) is 10.4. The fraction of sp³-hybridized carbons (Fsp3) is 0.812. The van der Waals surface area contributed by atoms with Gasteiger partial charge in [-0.25, -0.2) is 0 Å². The molecule has 6 nitrogen and oxygen atoms in total. The zero-order valence-corrected chi connectivity index (χ0v) is 14.0. The van der Waals surface area contributed by atoms with Crippen molar-refractivity contribution in [3.05, 3.63) is 11.7 Å². The first-order valence-corrected chi connectivity index (χ1v) is 8.21. The highest BCUT2D eigenvalue weighted by atomic mass is 16.5. The smallest absolute Gasteiger partial charge is 0.231 e. The molecule has 1 aromatic heterocycles. The van der Waals surface area contributed by atoms with Gasteiger partial charge >= 0.3 is 0 Å². The topological polar surface area (TPSA) is 62.5 Å². The highest BCUT2D eigenvalue weighted by Crippen LogP contribution is 2.34. The maximum atomic E-state index is 12.4. The van der Waals surface area contributed by atoms with Gasteiger partial charge in [0.1, 0.15) is 0 Å². The van der Waals surface area contributed by atoms with E-state index in [4.69, 9.17) is 4.52 Å². The Bertz CT molecular complexity index is 554. The minimum Gasteiger partial charge on any atom is -0.339 e. The summed E-state index contributed by atoms with van der Waals surface area (Å²) in [5.41, 5.74) is -0.0511. The molecule has 2 saturated heterocycles. The van der Waals surface area contributed by atoms with E-state index in [1.165, 1.54) is 0 Å². The van der Waals surface area contributed by atoms with Crippen molar-refractivity contribution >= 4 is 5.91 Å². The van der Waals surface area contributed by atoms with Gasteiger partial charge in [0.15, 0.2) is 5.82 Å². The van der Waals surface area contributed by atoms with Crippen LogP contribution in [0.25, 0.3) is 0 Å². The lowest BCUT2D eigenvalue weighted by molar-refractivity contribution is -0.135. The van der Waals surface area contributed by atoms with Crippen molar-refractivity contribution in [3.63, 3.8) is 0 Å². The molecule has 2 atom stereocenters. The minimum atomic E-state index is -0.0511. The Hall–Kier alpha value is -1.43. The lowest BCUT2D eigenvalue weighted by Crippen LogP contribution is -2.50. The number of nitrogens with zero attached hydrogens (tertiary/aromatic N) is 4. The molecule has 3 heterocycles. The van der Waals surface area contributed by atoms with Crippen LogP contribution in [0.3, 0.4) is 0 Å². The SMILES string of the molecule is Cc1noc([C@@H]2CCCN(CN3C(=O)[C@H](C)CC3(C)C)C2)n1. The molecule has 0 aromatic carbocycles. The molecule has 0 spiro atoms. The molecule has 1 amide bonds. The number of aryl methyl sites for hydroxylation is 1. The van der Waals surface area contributed by atoms with E-state index < -0.39 is 0 Å². The average Bonchev–Trinajstić information content (AvgIpc) is 2.97. The number of aromatic nitrogens is 2. The number of rotatable bonds is 3. The number of hydrogen-bond acceptors (Lipinski definition) is 5. The summed E-state index contributed by atoms with van der Waals surface area (Å²) < 4.78 is 5.33. The van der Waals surface area contributed by atoms with Crippen molar-refractivity contribution in [1.29, 1.82) is 0 Å². The van der Waals surface area contributed by atoms with Crippen molar-refractivity contribution in [1.82, 2.24) is 19.9 Å². The molecule has 0 aliphatic carbocycles. The number of carbonyl (C=O) groups is 1. The van der Waals surface area contributed by atoms with E-state index in [0.29, 0.717) is 12.5 Å². The zero-order valence-electron chi connectivity index (χ0n) is 14.0. The Balaban J connectivity index is 1.67. The normalized spacial score (nSPS) is 29.3. The molecule has 1 aromatic rings. The third-order valence-electron chi connectivity index (χ3n) is 4.96. The fourth-order valence-corrected chi connectivity index (χ4v) is 3.84. The van der Waals surface area contributed by atoms with E-state index in [1.54, 1.807) is 0 Å². The van der Waals surface area contributed by atoms with E-state index in [1.807, 2.05) is 18.7 Å². The summed E-state index contributed by atoms with van der Waals surface area (Å²) >= 11 is 0. The Labute approximate surface area is 131 Å². The number of hydrogen-bond donors (Lipinski definition) is 0. The fourth-order valence-electron chi connectivity index (χ4n) is 3.84. The molecule has 2 aliphatic heterocycles. The summed E-state index contributed by atoms with van der Waals surface area (Å²) in [4.78, 5) is 21.2. The number of piperidine rings is 1. The van der Waals surface area contributed by atoms with Crippen LogP contribution in [0.2, 0.25) is 0 Å². The predicted molar refractivity (Wildman–Crippen MR) is 82.2 cm³/mol. The molecule has 22 heavy (non-hydrogen) atoms. The Morgan fingerprint density at radius 1 is 1.41 bits per heavy atom. The van der Waals surface area contributed by atoms with Crippen molar-refractivity contribution in [2.45, 2.75) is 58.4 Å². The average molecular weight is 306 g/mol. The third-order valence-corrected chi connectivity index (χ3v) is 4.96. The predicted octanol–water partition coefficient (Wildman–Crippen LogP) is 2.16. The lowest BCUT2D eigenvalue weighted by atomic mass is 9.97. The molecule has 122 valence electrons. The molecule has 2 aliphatic rings. The van der Waals surface area contributed by atoms with Gasteiger partial charge in [-0.1, -0.05) is 12.1 Å². The molecule has 0 radical (unpaired) electrons. The summed E-state index contributed by atoms with van der Waals surface area (Å²) in [5, 5.41) is 3.90. The maximum absolute atomic E-state index is 12.4. The molecule has 0 bridgehead atoms. The van der Waals surface area contributed by atoms with Gasteiger partial charge < -0.3 is 9.42 Å². The molecule has 6 heteroatoms. The van der Waals surface area contributed by atoms with Crippen LogP contribution in [-0.2, 0) is 4.79 Å². The van der Waals surface area contributed by atoms with Crippen LogP contribution >= 0.6 is 0 Å². The second kappa shape index (κ2) is 5.65. The molecule has 0 unspecified atom stereocenters.